The first-order valence-electron chi connectivity index (χ1n) is 9.86. The summed E-state index contributed by atoms with van der Waals surface area (Å²) < 4.78 is 33.9. The highest BCUT2D eigenvalue weighted by atomic mass is 19.2. The van der Waals surface area contributed by atoms with E-state index in [1.807, 2.05) is 39.0 Å². The molecule has 1 saturated heterocycles. The Labute approximate surface area is 166 Å². The topological polar surface area (TPSA) is 49.7 Å². The van der Waals surface area contributed by atoms with Gasteiger partial charge in [0.15, 0.2) is 11.6 Å². The predicted octanol–water partition coefficient (Wildman–Crippen LogP) is 4.77. The maximum atomic E-state index is 14.2. The number of ether oxygens (including phenoxy) is 1. The van der Waals surface area contributed by atoms with E-state index >= 15 is 0 Å². The summed E-state index contributed by atoms with van der Waals surface area (Å²) in [6.07, 6.45) is -0.0978. The lowest BCUT2D eigenvalue weighted by molar-refractivity contribution is -0.113. The van der Waals surface area contributed by atoms with Gasteiger partial charge in [0.05, 0.1) is 24.9 Å². The van der Waals surface area contributed by atoms with Crippen LogP contribution in [-0.2, 0) is 11.2 Å². The van der Waals surface area contributed by atoms with Crippen molar-refractivity contribution >= 4 is 0 Å². The number of benzene rings is 2. The minimum Gasteiger partial charge on any atom is -0.394 e. The van der Waals surface area contributed by atoms with E-state index in [-0.39, 0.29) is 24.7 Å². The van der Waals surface area contributed by atoms with Gasteiger partial charge < -0.3 is 14.9 Å². The van der Waals surface area contributed by atoms with Gasteiger partial charge in [-0.2, -0.15) is 0 Å². The molecule has 1 fully saturated rings. The van der Waals surface area contributed by atoms with Crippen molar-refractivity contribution in [1.29, 1.82) is 0 Å². The minimum absolute atomic E-state index is 0.139. The van der Waals surface area contributed by atoms with E-state index < -0.39 is 23.8 Å². The number of aliphatic hydroxyl groups excluding tert-OH is 2. The van der Waals surface area contributed by atoms with Crippen LogP contribution in [-0.4, -0.2) is 29.0 Å². The fourth-order valence-corrected chi connectivity index (χ4v) is 3.43. The second kappa shape index (κ2) is 10.1. The van der Waals surface area contributed by atoms with Gasteiger partial charge in [0.25, 0.3) is 0 Å². The van der Waals surface area contributed by atoms with E-state index in [1.165, 1.54) is 6.92 Å². The third-order valence-electron chi connectivity index (χ3n) is 5.06. The number of aliphatic hydroxyl groups is 2. The van der Waals surface area contributed by atoms with Crippen LogP contribution in [0.4, 0.5) is 8.78 Å². The van der Waals surface area contributed by atoms with Crippen LogP contribution in [0.3, 0.4) is 0 Å². The van der Waals surface area contributed by atoms with Crippen LogP contribution in [0.15, 0.2) is 30.3 Å². The molecule has 2 aromatic rings. The molecule has 3 nitrogen and oxygen atoms in total. The first kappa shape index (κ1) is 22.5. The molecule has 0 aromatic heterocycles. The van der Waals surface area contributed by atoms with Crippen molar-refractivity contribution in [2.45, 2.75) is 65.3 Å². The van der Waals surface area contributed by atoms with Crippen LogP contribution in [0, 0.1) is 25.5 Å². The van der Waals surface area contributed by atoms with Gasteiger partial charge in [0, 0.05) is 19.3 Å². The number of aryl methyl sites for hydroxylation is 2. The van der Waals surface area contributed by atoms with E-state index in [0.717, 1.165) is 16.7 Å². The maximum Gasteiger partial charge on any atom is 0.162 e. The molecule has 28 heavy (non-hydrogen) atoms. The summed E-state index contributed by atoms with van der Waals surface area (Å²) in [5.74, 6) is -1.61. The summed E-state index contributed by atoms with van der Waals surface area (Å²) in [7, 11) is 0. The molecular formula is C23H30F2O3. The molecule has 0 bridgehead atoms. The Morgan fingerprint density at radius 1 is 0.964 bits per heavy atom. The average molecular weight is 392 g/mol. The molecular weight excluding hydrogens is 362 g/mol. The van der Waals surface area contributed by atoms with Gasteiger partial charge in [-0.1, -0.05) is 44.2 Å². The van der Waals surface area contributed by atoms with E-state index in [9.17, 15) is 19.0 Å². The first-order valence-corrected chi connectivity index (χ1v) is 9.86. The Balaban J connectivity index is 0.00000136. The zero-order valence-corrected chi connectivity index (χ0v) is 17.0. The highest BCUT2D eigenvalue weighted by molar-refractivity contribution is 5.38. The van der Waals surface area contributed by atoms with Crippen LogP contribution in [0.25, 0.3) is 0 Å². The molecule has 0 amide bonds. The number of halogens is 2. The Bertz CT molecular complexity index is 792. The molecule has 3 atom stereocenters. The lowest BCUT2D eigenvalue weighted by Crippen LogP contribution is -2.33. The molecule has 2 N–H and O–H groups in total. The highest BCUT2D eigenvalue weighted by Gasteiger charge is 2.29. The summed E-state index contributed by atoms with van der Waals surface area (Å²) in [6, 6.07) is 8.96. The Kier molecular flexibility index (Phi) is 8.10. The Hall–Kier alpha value is -1.82. The summed E-state index contributed by atoms with van der Waals surface area (Å²) in [6.45, 7) is 7.33. The fourth-order valence-electron chi connectivity index (χ4n) is 3.43. The Morgan fingerprint density at radius 3 is 2.32 bits per heavy atom. The standard InChI is InChI=1S/C21H24F2O3.C2H6/c1-12-3-5-14(19-10-17(25)9-18(11-24)26-19)7-16(12)8-15-6-4-13(2)20(22)21(15)23;1-2/h3-7,17-19,24-25H,8-11H2,1-2H3;1-2H3/t17-,18-,19+;/m0./s1. The molecule has 0 spiro atoms. The quantitative estimate of drug-likeness (QED) is 0.788. The zero-order valence-electron chi connectivity index (χ0n) is 17.0. The molecule has 0 saturated carbocycles. The number of hydrogen-bond acceptors (Lipinski definition) is 3. The second-order valence-electron chi connectivity index (χ2n) is 7.09. The molecule has 5 heteroatoms. The van der Waals surface area contributed by atoms with Crippen LogP contribution in [0.5, 0.6) is 0 Å². The van der Waals surface area contributed by atoms with Crippen LogP contribution < -0.4 is 0 Å². The van der Waals surface area contributed by atoms with Crippen molar-refractivity contribution < 1.29 is 23.7 Å². The fraction of sp³-hybridized carbons (Fsp3) is 0.478. The summed E-state index contributed by atoms with van der Waals surface area (Å²) in [5.41, 5.74) is 3.33. The third kappa shape index (κ3) is 5.16. The molecule has 2 aromatic carbocycles. The molecule has 1 heterocycles. The number of rotatable bonds is 4. The van der Waals surface area contributed by atoms with E-state index in [2.05, 4.69) is 0 Å². The first-order chi connectivity index (χ1) is 13.4. The van der Waals surface area contributed by atoms with Crippen LogP contribution in [0.2, 0.25) is 0 Å². The van der Waals surface area contributed by atoms with Crippen molar-refractivity contribution in [2.75, 3.05) is 6.61 Å². The minimum atomic E-state index is -0.806. The summed E-state index contributed by atoms with van der Waals surface area (Å²) in [5, 5.41) is 19.3. The van der Waals surface area contributed by atoms with Crippen molar-refractivity contribution in [2.24, 2.45) is 0 Å². The summed E-state index contributed by atoms with van der Waals surface area (Å²) in [4.78, 5) is 0. The third-order valence-corrected chi connectivity index (χ3v) is 5.06. The predicted molar refractivity (Wildman–Crippen MR) is 106 cm³/mol. The average Bonchev–Trinajstić information content (AvgIpc) is 2.70. The molecule has 3 rings (SSSR count). The molecule has 1 aliphatic rings. The molecule has 0 radical (unpaired) electrons. The van der Waals surface area contributed by atoms with E-state index in [4.69, 9.17) is 4.74 Å². The van der Waals surface area contributed by atoms with Gasteiger partial charge in [0.1, 0.15) is 0 Å². The molecule has 0 unspecified atom stereocenters. The van der Waals surface area contributed by atoms with Crippen molar-refractivity contribution in [1.82, 2.24) is 0 Å². The van der Waals surface area contributed by atoms with Gasteiger partial charge >= 0.3 is 0 Å². The smallest absolute Gasteiger partial charge is 0.162 e. The van der Waals surface area contributed by atoms with E-state index in [0.29, 0.717) is 18.4 Å². The summed E-state index contributed by atoms with van der Waals surface area (Å²) >= 11 is 0. The van der Waals surface area contributed by atoms with Gasteiger partial charge in [0.2, 0.25) is 0 Å². The number of hydrogen-bond donors (Lipinski definition) is 2. The SMILES string of the molecule is CC.Cc1ccc([C@H]2C[C@@H](O)C[C@@H](CO)O2)cc1Cc1ccc(C)c(F)c1F. The van der Waals surface area contributed by atoms with Gasteiger partial charge in [-0.25, -0.2) is 8.78 Å². The van der Waals surface area contributed by atoms with Crippen molar-refractivity contribution in [3.8, 4) is 0 Å². The lowest BCUT2D eigenvalue weighted by atomic mass is 9.92. The van der Waals surface area contributed by atoms with Crippen LogP contribution >= 0.6 is 0 Å². The highest BCUT2D eigenvalue weighted by Crippen LogP contribution is 2.33. The lowest BCUT2D eigenvalue weighted by Gasteiger charge is -2.32. The maximum absolute atomic E-state index is 14.2. The largest absolute Gasteiger partial charge is 0.394 e. The van der Waals surface area contributed by atoms with Crippen molar-refractivity contribution in [3.63, 3.8) is 0 Å². The molecule has 1 aliphatic heterocycles. The van der Waals surface area contributed by atoms with Gasteiger partial charge in [-0.05, 0) is 41.7 Å². The van der Waals surface area contributed by atoms with Crippen molar-refractivity contribution in [3.05, 3.63) is 69.8 Å². The van der Waals surface area contributed by atoms with Gasteiger partial charge in [-0.15, -0.1) is 0 Å². The molecule has 154 valence electrons. The zero-order chi connectivity index (χ0) is 20.8. The second-order valence-corrected chi connectivity index (χ2v) is 7.09. The van der Waals surface area contributed by atoms with E-state index in [1.54, 1.807) is 12.1 Å². The molecule has 0 aliphatic carbocycles. The monoisotopic (exact) mass is 392 g/mol. The van der Waals surface area contributed by atoms with Gasteiger partial charge in [-0.3, -0.25) is 0 Å². The Morgan fingerprint density at radius 2 is 1.64 bits per heavy atom. The van der Waals surface area contributed by atoms with Crippen LogP contribution in [0.1, 0.15) is 60.6 Å². The normalized spacial score (nSPS) is 21.8.